The normalized spacial score (nSPS) is 10.5. The Kier molecular flexibility index (Phi) is 7.20. The van der Waals surface area contributed by atoms with E-state index in [-0.39, 0.29) is 0 Å². The molecule has 7 heteroatoms. The predicted octanol–water partition coefficient (Wildman–Crippen LogP) is 3.84. The van der Waals surface area contributed by atoms with Gasteiger partial charge in [0.1, 0.15) is 23.0 Å². The van der Waals surface area contributed by atoms with Gasteiger partial charge in [0.2, 0.25) is 0 Å². The lowest BCUT2D eigenvalue weighted by Crippen LogP contribution is -2.15. The lowest BCUT2D eigenvalue weighted by Gasteiger charge is -2.18. The van der Waals surface area contributed by atoms with Gasteiger partial charge in [0, 0.05) is 25.9 Å². The van der Waals surface area contributed by atoms with Gasteiger partial charge < -0.3 is 10.0 Å². The number of nitriles is 2. The van der Waals surface area contributed by atoms with Crippen LogP contribution in [-0.2, 0) is 17.0 Å². The number of nitrogens with zero attached hydrogens (tertiary/aromatic N) is 4. The molecule has 0 unspecified atom stereocenters. The molecule has 1 heterocycles. The van der Waals surface area contributed by atoms with Crippen molar-refractivity contribution < 1.29 is 9.90 Å². The Bertz CT molecular complexity index is 983. The Morgan fingerprint density at radius 2 is 1.86 bits per heavy atom. The summed E-state index contributed by atoms with van der Waals surface area (Å²) in [6.45, 7) is 1.92. The quantitative estimate of drug-likeness (QED) is 0.564. The lowest BCUT2D eigenvalue weighted by atomic mass is 10.0. The summed E-state index contributed by atoms with van der Waals surface area (Å²) in [6.07, 6.45) is 3.21. The first-order valence-corrected chi connectivity index (χ1v) is 9.56. The van der Waals surface area contributed by atoms with E-state index in [1.807, 2.05) is 45.3 Å². The van der Waals surface area contributed by atoms with E-state index in [2.05, 4.69) is 17.1 Å². The van der Waals surface area contributed by atoms with Gasteiger partial charge in [-0.1, -0.05) is 31.2 Å². The van der Waals surface area contributed by atoms with Crippen molar-refractivity contribution in [3.8, 4) is 12.1 Å². The van der Waals surface area contributed by atoms with Gasteiger partial charge in [-0.25, -0.2) is 9.78 Å². The molecule has 0 saturated carbocycles. The molecule has 1 aromatic heterocycles. The van der Waals surface area contributed by atoms with E-state index >= 15 is 0 Å². The van der Waals surface area contributed by atoms with E-state index in [4.69, 9.17) is 5.11 Å². The molecule has 0 spiro atoms. The number of carboxylic acid groups (broad SMARTS) is 1. The van der Waals surface area contributed by atoms with Crippen LogP contribution in [0, 0.1) is 22.7 Å². The van der Waals surface area contributed by atoms with E-state index in [0.717, 1.165) is 22.8 Å². The molecular formula is C21H20N4O2S. The van der Waals surface area contributed by atoms with Crippen LogP contribution in [0.25, 0.3) is 6.08 Å². The summed E-state index contributed by atoms with van der Waals surface area (Å²) < 4.78 is 0. The Hall–Kier alpha value is -3.29. The summed E-state index contributed by atoms with van der Waals surface area (Å²) in [6, 6.07) is 11.9. The highest BCUT2D eigenvalue weighted by molar-refractivity contribution is 7.98. The molecule has 6 nitrogen and oxygen atoms in total. The summed E-state index contributed by atoms with van der Waals surface area (Å²) in [5.41, 5.74) is 3.45. The van der Waals surface area contributed by atoms with Gasteiger partial charge in [0.05, 0.1) is 11.1 Å². The summed E-state index contributed by atoms with van der Waals surface area (Å²) in [4.78, 5) is 16.9. The van der Waals surface area contributed by atoms with Gasteiger partial charge in [-0.15, -0.1) is 11.8 Å². The minimum absolute atomic E-state index is 0.447. The molecule has 1 N–H and O–H groups in total. The van der Waals surface area contributed by atoms with Crippen LogP contribution >= 0.6 is 11.8 Å². The number of hydrogen-bond donors (Lipinski definition) is 1. The highest BCUT2D eigenvalue weighted by Crippen LogP contribution is 2.32. The van der Waals surface area contributed by atoms with E-state index in [1.54, 1.807) is 4.90 Å². The zero-order valence-corrected chi connectivity index (χ0v) is 16.7. The second-order valence-corrected chi connectivity index (χ2v) is 7.11. The number of carboxylic acids is 1. The van der Waals surface area contributed by atoms with Crippen LogP contribution in [0.3, 0.4) is 0 Å². The molecule has 0 atom stereocenters. The summed E-state index contributed by atoms with van der Waals surface area (Å²) in [7, 11) is 3.65. The molecule has 2 rings (SSSR count). The fourth-order valence-electron chi connectivity index (χ4n) is 2.66. The molecule has 0 saturated heterocycles. The Morgan fingerprint density at radius 3 is 2.36 bits per heavy atom. The van der Waals surface area contributed by atoms with Crippen molar-refractivity contribution in [2.45, 2.75) is 24.1 Å². The second-order valence-electron chi connectivity index (χ2n) is 6.14. The van der Waals surface area contributed by atoms with Gasteiger partial charge in [0.15, 0.2) is 0 Å². The first-order chi connectivity index (χ1) is 13.4. The maximum atomic E-state index is 10.6. The Labute approximate surface area is 168 Å². The van der Waals surface area contributed by atoms with Crippen molar-refractivity contribution >= 4 is 29.6 Å². The molecule has 0 aliphatic carbocycles. The second kappa shape index (κ2) is 9.59. The fraction of sp³-hybridized carbons (Fsp3) is 0.238. The number of anilines is 1. The van der Waals surface area contributed by atoms with Crippen molar-refractivity contribution in [1.29, 1.82) is 10.5 Å². The van der Waals surface area contributed by atoms with Crippen molar-refractivity contribution in [3.05, 3.63) is 58.2 Å². The third kappa shape index (κ3) is 4.91. The van der Waals surface area contributed by atoms with Crippen LogP contribution in [0.15, 0.2) is 35.4 Å². The van der Waals surface area contributed by atoms with Gasteiger partial charge in [-0.2, -0.15) is 10.5 Å². The minimum Gasteiger partial charge on any atom is -0.478 e. The SMILES string of the molecule is CCc1c(C#N)c(SCc2ccc(C=CC(=O)O)cc2)nc(N(C)C)c1C#N. The van der Waals surface area contributed by atoms with Crippen molar-refractivity contribution in [3.63, 3.8) is 0 Å². The Balaban J connectivity index is 2.31. The Morgan fingerprint density at radius 1 is 1.21 bits per heavy atom. The van der Waals surface area contributed by atoms with Crippen molar-refractivity contribution in [1.82, 2.24) is 4.98 Å². The highest BCUT2D eigenvalue weighted by Gasteiger charge is 2.20. The predicted molar refractivity (Wildman–Crippen MR) is 110 cm³/mol. The number of aromatic nitrogens is 1. The molecule has 0 radical (unpaired) electrons. The average Bonchev–Trinajstić information content (AvgIpc) is 2.69. The van der Waals surface area contributed by atoms with E-state index < -0.39 is 5.97 Å². The smallest absolute Gasteiger partial charge is 0.328 e. The topological polar surface area (TPSA) is 101 Å². The molecule has 0 bridgehead atoms. The molecule has 28 heavy (non-hydrogen) atoms. The number of aliphatic carboxylic acids is 1. The monoisotopic (exact) mass is 392 g/mol. The maximum Gasteiger partial charge on any atom is 0.328 e. The average molecular weight is 392 g/mol. The van der Waals surface area contributed by atoms with Crippen LogP contribution in [0.1, 0.15) is 34.7 Å². The first-order valence-electron chi connectivity index (χ1n) is 8.58. The van der Waals surface area contributed by atoms with E-state index in [9.17, 15) is 15.3 Å². The van der Waals surface area contributed by atoms with E-state index in [1.165, 1.54) is 17.8 Å². The molecule has 0 aliphatic rings. The third-order valence-corrected chi connectivity index (χ3v) is 5.07. The third-order valence-electron chi connectivity index (χ3n) is 4.02. The number of hydrogen-bond acceptors (Lipinski definition) is 6. The highest BCUT2D eigenvalue weighted by atomic mass is 32.2. The van der Waals surface area contributed by atoms with Crippen LogP contribution in [0.5, 0.6) is 0 Å². The molecule has 0 amide bonds. The summed E-state index contributed by atoms with van der Waals surface area (Å²) in [5.74, 6) is 0.181. The van der Waals surface area contributed by atoms with Crippen molar-refractivity contribution in [2.75, 3.05) is 19.0 Å². The zero-order chi connectivity index (χ0) is 20.7. The number of pyridine rings is 1. The van der Waals surface area contributed by atoms with Crippen molar-refractivity contribution in [2.24, 2.45) is 0 Å². The van der Waals surface area contributed by atoms with Gasteiger partial charge >= 0.3 is 5.97 Å². The van der Waals surface area contributed by atoms with Crippen LogP contribution in [0.4, 0.5) is 5.82 Å². The van der Waals surface area contributed by atoms with Crippen LogP contribution in [0.2, 0.25) is 0 Å². The molecule has 142 valence electrons. The minimum atomic E-state index is -0.987. The largest absolute Gasteiger partial charge is 0.478 e. The van der Waals surface area contributed by atoms with Crippen LogP contribution < -0.4 is 4.90 Å². The van der Waals surface area contributed by atoms with Crippen LogP contribution in [-0.4, -0.2) is 30.2 Å². The number of carbonyl (C=O) groups is 1. The summed E-state index contributed by atoms with van der Waals surface area (Å²) >= 11 is 1.45. The number of rotatable bonds is 7. The number of benzene rings is 1. The zero-order valence-electron chi connectivity index (χ0n) is 15.9. The first kappa shape index (κ1) is 21.0. The molecule has 2 aromatic rings. The standard InChI is InChI=1S/C21H20N4O2S/c1-4-16-17(11-22)20(25(2)3)24-21(18(16)12-23)28-13-15-7-5-14(6-8-15)9-10-19(26)27/h5-10H,4,13H2,1-3H3,(H,26,27). The molecule has 0 fully saturated rings. The van der Waals surface area contributed by atoms with E-state index in [0.29, 0.717) is 34.1 Å². The number of thioether (sulfide) groups is 1. The fourth-order valence-corrected chi connectivity index (χ4v) is 3.62. The molecule has 1 aromatic carbocycles. The van der Waals surface area contributed by atoms with Gasteiger partial charge in [-0.3, -0.25) is 0 Å². The lowest BCUT2D eigenvalue weighted by molar-refractivity contribution is -0.131. The van der Waals surface area contributed by atoms with Gasteiger partial charge in [-0.05, 0) is 29.2 Å². The molecule has 0 aliphatic heterocycles. The van der Waals surface area contributed by atoms with Gasteiger partial charge in [0.25, 0.3) is 0 Å². The summed E-state index contributed by atoms with van der Waals surface area (Å²) in [5, 5.41) is 28.5. The maximum absolute atomic E-state index is 10.6. The molecular weight excluding hydrogens is 372 g/mol.